The molecule has 24 heavy (non-hydrogen) atoms. The van der Waals surface area contributed by atoms with E-state index in [2.05, 4.69) is 10.9 Å². The Morgan fingerprint density at radius 3 is 2.50 bits per heavy atom. The lowest BCUT2D eigenvalue weighted by atomic mass is 9.98. The van der Waals surface area contributed by atoms with Gasteiger partial charge in [0.25, 0.3) is 11.6 Å². The summed E-state index contributed by atoms with van der Waals surface area (Å²) in [6, 6.07) is 5.03. The summed E-state index contributed by atoms with van der Waals surface area (Å²) in [4.78, 5) is 44.3. The molecule has 0 bridgehead atoms. The van der Waals surface area contributed by atoms with Gasteiger partial charge in [-0.25, -0.2) is 0 Å². The average molecular weight is 336 g/mol. The van der Waals surface area contributed by atoms with E-state index in [4.69, 9.17) is 0 Å². The zero-order valence-electron chi connectivity index (χ0n) is 13.1. The number of benzene rings is 1. The number of nitro groups is 1. The molecular formula is C15H18N3O6-. The van der Waals surface area contributed by atoms with Gasteiger partial charge in [-0.05, 0) is 24.8 Å². The first-order valence-corrected chi connectivity index (χ1v) is 7.39. The number of aliphatic carboxylic acids is 1. The number of nitrogens with zero attached hydrogens (tertiary/aromatic N) is 1. The second-order valence-corrected chi connectivity index (χ2v) is 5.15. The minimum atomic E-state index is -1.20. The molecule has 0 aromatic heterocycles. The van der Waals surface area contributed by atoms with Gasteiger partial charge in [0.2, 0.25) is 5.91 Å². The monoisotopic (exact) mass is 336 g/mol. The van der Waals surface area contributed by atoms with Crippen molar-refractivity contribution < 1.29 is 24.4 Å². The number of nitro benzene ring substituents is 1. The molecule has 9 nitrogen and oxygen atoms in total. The summed E-state index contributed by atoms with van der Waals surface area (Å²) in [7, 11) is 0. The molecule has 0 aliphatic rings. The van der Waals surface area contributed by atoms with Crippen molar-refractivity contribution in [3.05, 3.63) is 39.9 Å². The first-order chi connectivity index (χ1) is 11.3. The number of carboxylic acids is 1. The van der Waals surface area contributed by atoms with Crippen molar-refractivity contribution in [2.24, 2.45) is 5.92 Å². The molecule has 0 saturated carbocycles. The molecule has 1 rings (SSSR count). The molecule has 2 amide bonds. The van der Waals surface area contributed by atoms with Gasteiger partial charge in [-0.2, -0.15) is 0 Å². The number of nitrogens with one attached hydrogen (secondary N) is 2. The van der Waals surface area contributed by atoms with Crippen molar-refractivity contribution in [3.63, 3.8) is 0 Å². The molecular weight excluding hydrogens is 318 g/mol. The topological polar surface area (TPSA) is 141 Å². The molecule has 0 spiro atoms. The number of hydrazine groups is 1. The highest BCUT2D eigenvalue weighted by molar-refractivity contribution is 5.95. The van der Waals surface area contributed by atoms with Crippen molar-refractivity contribution >= 4 is 23.5 Å². The minimum absolute atomic E-state index is 0.0168. The van der Waals surface area contributed by atoms with Gasteiger partial charge in [-0.1, -0.05) is 19.4 Å². The second kappa shape index (κ2) is 9.23. The number of carbonyl (C=O) groups is 3. The molecule has 1 aromatic carbocycles. The Kier molecular flexibility index (Phi) is 7.34. The summed E-state index contributed by atoms with van der Waals surface area (Å²) in [6.07, 6.45) is 1.09. The Hall–Kier alpha value is -2.97. The maximum atomic E-state index is 11.8. The molecule has 0 unspecified atom stereocenters. The molecule has 2 N–H and O–H groups in total. The van der Waals surface area contributed by atoms with Gasteiger partial charge in [0.05, 0.1) is 4.92 Å². The predicted octanol–water partition coefficient (Wildman–Crippen LogP) is 0.302. The summed E-state index contributed by atoms with van der Waals surface area (Å²) >= 11 is 0. The van der Waals surface area contributed by atoms with E-state index in [1.807, 2.05) is 6.92 Å². The zero-order chi connectivity index (χ0) is 18.1. The molecule has 0 aliphatic carbocycles. The normalized spacial score (nSPS) is 11.4. The number of carbonyl (C=O) groups excluding carboxylic acids is 3. The Bertz CT molecular complexity index is 631. The first kappa shape index (κ1) is 19.1. The molecule has 0 fully saturated rings. The van der Waals surface area contributed by atoms with Gasteiger partial charge in [0.15, 0.2) is 0 Å². The molecule has 1 aromatic rings. The van der Waals surface area contributed by atoms with Crippen molar-refractivity contribution in [1.82, 2.24) is 10.9 Å². The number of hydrogen-bond donors (Lipinski definition) is 2. The van der Waals surface area contributed by atoms with Crippen LogP contribution in [0.5, 0.6) is 0 Å². The fourth-order valence-electron chi connectivity index (χ4n) is 2.06. The lowest BCUT2D eigenvalue weighted by molar-refractivity contribution is -0.384. The number of rotatable bonds is 8. The lowest BCUT2D eigenvalue weighted by Gasteiger charge is -2.16. The Morgan fingerprint density at radius 1 is 1.21 bits per heavy atom. The Balaban J connectivity index is 2.49. The van der Waals surface area contributed by atoms with Crippen LogP contribution in [0.15, 0.2) is 24.3 Å². The van der Waals surface area contributed by atoms with E-state index in [0.717, 1.165) is 6.07 Å². The Morgan fingerprint density at radius 2 is 1.92 bits per heavy atom. The fraction of sp³-hybridized carbons (Fsp3) is 0.400. The van der Waals surface area contributed by atoms with Crippen LogP contribution >= 0.6 is 0 Å². The van der Waals surface area contributed by atoms with Gasteiger partial charge < -0.3 is 9.90 Å². The standard InChI is InChI=1S/C15H19N3O6/c1-2-4-10(15(21)22)7-8-13(19)16-17-14(20)11-5-3-6-12(9-11)18(23)24/h3,5-6,9-10H,2,4,7-8H2,1H3,(H,16,19)(H,17,20)(H,21,22)/p-1/t10-/m0/s1. The highest BCUT2D eigenvalue weighted by atomic mass is 16.6. The van der Waals surface area contributed by atoms with Gasteiger partial charge in [-0.3, -0.25) is 30.6 Å². The SMILES string of the molecule is CCC[C@@H](CCC(=O)NNC(=O)c1cccc([N+](=O)[O-])c1)C(=O)[O-]. The molecule has 1 atom stereocenters. The highest BCUT2D eigenvalue weighted by Gasteiger charge is 2.14. The second-order valence-electron chi connectivity index (χ2n) is 5.15. The van der Waals surface area contributed by atoms with E-state index < -0.39 is 28.6 Å². The van der Waals surface area contributed by atoms with Crippen LogP contribution in [0.4, 0.5) is 5.69 Å². The Labute approximate surface area is 138 Å². The third kappa shape index (κ3) is 6.03. The quantitative estimate of drug-likeness (QED) is 0.516. The van der Waals surface area contributed by atoms with Crippen LogP contribution in [-0.2, 0) is 9.59 Å². The smallest absolute Gasteiger partial charge is 0.270 e. The minimum Gasteiger partial charge on any atom is -0.550 e. The molecule has 0 aliphatic heterocycles. The number of hydrogen-bond acceptors (Lipinski definition) is 6. The van der Waals surface area contributed by atoms with Crippen LogP contribution in [0, 0.1) is 16.0 Å². The van der Waals surface area contributed by atoms with Gasteiger partial charge in [-0.15, -0.1) is 0 Å². The number of carboxylic acid groups (broad SMARTS) is 1. The van der Waals surface area contributed by atoms with Crippen LogP contribution in [0.2, 0.25) is 0 Å². The lowest BCUT2D eigenvalue weighted by Crippen LogP contribution is -2.42. The first-order valence-electron chi connectivity index (χ1n) is 7.39. The third-order valence-corrected chi connectivity index (χ3v) is 3.32. The molecule has 130 valence electrons. The molecule has 9 heteroatoms. The zero-order valence-corrected chi connectivity index (χ0v) is 13.1. The van der Waals surface area contributed by atoms with E-state index >= 15 is 0 Å². The third-order valence-electron chi connectivity index (χ3n) is 3.32. The van der Waals surface area contributed by atoms with Crippen LogP contribution < -0.4 is 16.0 Å². The van der Waals surface area contributed by atoms with Crippen LogP contribution in [-0.4, -0.2) is 22.7 Å². The van der Waals surface area contributed by atoms with Crippen molar-refractivity contribution in [1.29, 1.82) is 0 Å². The van der Waals surface area contributed by atoms with E-state index in [1.165, 1.54) is 18.2 Å². The van der Waals surface area contributed by atoms with Gasteiger partial charge >= 0.3 is 0 Å². The highest BCUT2D eigenvalue weighted by Crippen LogP contribution is 2.13. The summed E-state index contributed by atoms with van der Waals surface area (Å²) in [5.41, 5.74) is 4.04. The van der Waals surface area contributed by atoms with Crippen LogP contribution in [0.1, 0.15) is 43.0 Å². The summed E-state index contributed by atoms with van der Waals surface area (Å²) in [5, 5.41) is 21.5. The van der Waals surface area contributed by atoms with E-state index in [-0.39, 0.29) is 24.1 Å². The van der Waals surface area contributed by atoms with Crippen LogP contribution in [0.3, 0.4) is 0 Å². The maximum absolute atomic E-state index is 11.8. The molecule has 0 heterocycles. The van der Waals surface area contributed by atoms with Crippen molar-refractivity contribution in [3.8, 4) is 0 Å². The summed E-state index contributed by atoms with van der Waals surface area (Å²) in [5.74, 6) is -3.19. The van der Waals surface area contributed by atoms with E-state index in [1.54, 1.807) is 0 Å². The van der Waals surface area contributed by atoms with Crippen molar-refractivity contribution in [2.45, 2.75) is 32.6 Å². The van der Waals surface area contributed by atoms with Crippen molar-refractivity contribution in [2.75, 3.05) is 0 Å². The van der Waals surface area contributed by atoms with E-state index in [9.17, 15) is 29.6 Å². The maximum Gasteiger partial charge on any atom is 0.270 e. The fourth-order valence-corrected chi connectivity index (χ4v) is 2.06. The largest absolute Gasteiger partial charge is 0.550 e. The van der Waals surface area contributed by atoms with Gasteiger partial charge in [0.1, 0.15) is 0 Å². The number of non-ortho nitro benzene ring substituents is 1. The van der Waals surface area contributed by atoms with E-state index in [0.29, 0.717) is 12.8 Å². The molecule has 0 saturated heterocycles. The van der Waals surface area contributed by atoms with Gasteiger partial charge in [0, 0.05) is 30.1 Å². The average Bonchev–Trinajstić information content (AvgIpc) is 2.56. The number of amides is 2. The summed E-state index contributed by atoms with van der Waals surface area (Å²) in [6.45, 7) is 1.83. The van der Waals surface area contributed by atoms with Crippen LogP contribution in [0.25, 0.3) is 0 Å². The predicted molar refractivity (Wildman–Crippen MR) is 81.3 cm³/mol. The molecule has 0 radical (unpaired) electrons. The summed E-state index contributed by atoms with van der Waals surface area (Å²) < 4.78 is 0.